The minimum absolute atomic E-state index is 0.0525. The van der Waals surface area contributed by atoms with E-state index in [0.29, 0.717) is 5.56 Å². The van der Waals surface area contributed by atoms with Gasteiger partial charge in [-0.3, -0.25) is 9.59 Å². The summed E-state index contributed by atoms with van der Waals surface area (Å²) in [7, 11) is 0. The maximum atomic E-state index is 13.4. The number of carbonyl (C=O) groups is 2. The van der Waals surface area contributed by atoms with Crippen LogP contribution in [0.1, 0.15) is 34.7 Å². The fraction of sp³-hybridized carbons (Fsp3) is 0.300. The predicted molar refractivity (Wildman–Crippen MR) is 117 cm³/mol. The molecule has 2 unspecified atom stereocenters. The lowest BCUT2D eigenvalue weighted by Gasteiger charge is -2.13. The van der Waals surface area contributed by atoms with Crippen molar-refractivity contribution >= 4 is 75.4 Å². The molecule has 32 heavy (non-hydrogen) atoms. The highest BCUT2D eigenvalue weighted by Gasteiger charge is 2.67. The van der Waals surface area contributed by atoms with E-state index in [1.165, 1.54) is 24.3 Å². The van der Waals surface area contributed by atoms with Gasteiger partial charge in [-0.1, -0.05) is 40.9 Å². The summed E-state index contributed by atoms with van der Waals surface area (Å²) in [6, 6.07) is 6.33. The van der Waals surface area contributed by atoms with Crippen LogP contribution in [0.25, 0.3) is 0 Å². The number of hydrogen-bond acceptors (Lipinski definition) is 2. The molecule has 2 atom stereocenters. The highest BCUT2D eigenvalue weighted by Crippen LogP contribution is 2.65. The molecule has 1 N–H and O–H groups in total. The molecule has 172 valence electrons. The molecule has 0 spiro atoms. The molecule has 12 heteroatoms. The van der Waals surface area contributed by atoms with E-state index in [1.54, 1.807) is 0 Å². The van der Waals surface area contributed by atoms with Crippen molar-refractivity contribution in [3.63, 3.8) is 0 Å². The summed E-state index contributed by atoms with van der Waals surface area (Å²) in [5, 5.41) is 1.83. The molecule has 1 fully saturated rings. The zero-order chi connectivity index (χ0) is 24.0. The summed E-state index contributed by atoms with van der Waals surface area (Å²) in [5.74, 6) is -3.92. The van der Waals surface area contributed by atoms with Crippen molar-refractivity contribution in [3.8, 4) is 0 Å². The number of benzene rings is 2. The number of ketones is 1. The third-order valence-electron chi connectivity index (χ3n) is 4.90. The van der Waals surface area contributed by atoms with Crippen molar-refractivity contribution in [2.45, 2.75) is 29.3 Å². The highest BCUT2D eigenvalue weighted by atomic mass is 35.5. The third-order valence-corrected chi connectivity index (χ3v) is 6.84. The molecule has 0 heterocycles. The second kappa shape index (κ2) is 9.18. The number of halogens is 9. The van der Waals surface area contributed by atoms with Crippen LogP contribution in [0.4, 0.5) is 23.2 Å². The number of amides is 1. The van der Waals surface area contributed by atoms with Crippen LogP contribution in [0.2, 0.25) is 15.1 Å². The van der Waals surface area contributed by atoms with Gasteiger partial charge in [-0.25, -0.2) is 4.39 Å². The first-order valence-corrected chi connectivity index (χ1v) is 10.8. The number of hydrogen-bond donors (Lipinski definition) is 1. The van der Waals surface area contributed by atoms with E-state index < -0.39 is 52.7 Å². The summed E-state index contributed by atoms with van der Waals surface area (Å²) < 4.78 is 49.2. The zero-order valence-electron chi connectivity index (χ0n) is 15.7. The van der Waals surface area contributed by atoms with Gasteiger partial charge in [0.2, 0.25) is 5.91 Å². The normalized spacial score (nSPS) is 19.5. The standard InChI is InChI=1S/C20H12Cl5F4NO2/c21-9-2-4-12(17(23)14(9)13(31)5-6-19(27,28)29)30-18(32)16-15(20(16,24)25)8-1-3-11(26)10(22)7-8/h1-4,7,15-16H,5-6H2,(H,30,32). The zero-order valence-corrected chi connectivity index (χ0v) is 19.5. The van der Waals surface area contributed by atoms with Crippen molar-refractivity contribution in [3.05, 3.63) is 62.3 Å². The Labute approximate surface area is 204 Å². The molecule has 0 aromatic heterocycles. The number of rotatable bonds is 6. The van der Waals surface area contributed by atoms with E-state index >= 15 is 0 Å². The number of Topliss-reactive ketones (excluding diaryl/α,β-unsaturated/α-hetero) is 1. The maximum absolute atomic E-state index is 13.4. The predicted octanol–water partition coefficient (Wildman–Crippen LogP) is 7.84. The summed E-state index contributed by atoms with van der Waals surface area (Å²) in [6.07, 6.45) is -6.74. The Morgan fingerprint density at radius 2 is 1.69 bits per heavy atom. The average Bonchev–Trinajstić information content (AvgIpc) is 3.26. The van der Waals surface area contributed by atoms with E-state index in [9.17, 15) is 27.2 Å². The van der Waals surface area contributed by atoms with E-state index in [0.717, 1.165) is 6.07 Å². The lowest BCUT2D eigenvalue weighted by Crippen LogP contribution is -2.18. The van der Waals surface area contributed by atoms with Crippen molar-refractivity contribution in [2.24, 2.45) is 5.92 Å². The number of nitrogens with one attached hydrogen (secondary N) is 1. The van der Waals surface area contributed by atoms with Gasteiger partial charge in [0.25, 0.3) is 0 Å². The van der Waals surface area contributed by atoms with Crippen molar-refractivity contribution in [1.82, 2.24) is 0 Å². The van der Waals surface area contributed by atoms with Gasteiger partial charge in [0.05, 0.1) is 38.7 Å². The number of anilines is 1. The van der Waals surface area contributed by atoms with Crippen molar-refractivity contribution < 1.29 is 27.2 Å². The topological polar surface area (TPSA) is 46.2 Å². The van der Waals surface area contributed by atoms with Gasteiger partial charge >= 0.3 is 6.18 Å². The quantitative estimate of drug-likeness (QED) is 0.226. The van der Waals surface area contributed by atoms with E-state index in [-0.39, 0.29) is 26.3 Å². The molecule has 0 saturated heterocycles. The van der Waals surface area contributed by atoms with Gasteiger partial charge < -0.3 is 5.32 Å². The second-order valence-electron chi connectivity index (χ2n) is 7.11. The van der Waals surface area contributed by atoms with Gasteiger partial charge in [-0.05, 0) is 29.8 Å². The summed E-state index contributed by atoms with van der Waals surface area (Å²) >= 11 is 30.4. The van der Waals surface area contributed by atoms with E-state index in [1.807, 2.05) is 0 Å². The molecule has 0 bridgehead atoms. The molecule has 1 aliphatic carbocycles. The molecule has 2 aromatic carbocycles. The first-order chi connectivity index (χ1) is 14.7. The molecule has 0 radical (unpaired) electrons. The van der Waals surface area contributed by atoms with Crippen LogP contribution in [-0.4, -0.2) is 22.2 Å². The van der Waals surface area contributed by atoms with Crippen LogP contribution >= 0.6 is 58.0 Å². The van der Waals surface area contributed by atoms with Crippen LogP contribution in [0.3, 0.4) is 0 Å². The van der Waals surface area contributed by atoms with Crippen LogP contribution < -0.4 is 5.32 Å². The average molecular weight is 552 g/mol. The Morgan fingerprint density at radius 3 is 2.28 bits per heavy atom. The Hall–Kier alpha value is -1.25. The Kier molecular flexibility index (Phi) is 7.28. The first-order valence-electron chi connectivity index (χ1n) is 8.95. The fourth-order valence-corrected chi connectivity index (χ4v) is 4.91. The molecule has 0 aliphatic heterocycles. The number of carbonyl (C=O) groups excluding carboxylic acids is 2. The molecule has 3 rings (SSSR count). The summed E-state index contributed by atoms with van der Waals surface area (Å²) in [5.41, 5.74) is 0.0474. The molecule has 1 saturated carbocycles. The lowest BCUT2D eigenvalue weighted by atomic mass is 10.0. The monoisotopic (exact) mass is 549 g/mol. The van der Waals surface area contributed by atoms with Gasteiger partial charge in [0.15, 0.2) is 5.78 Å². The molecule has 1 amide bonds. The first kappa shape index (κ1) is 25.4. The minimum atomic E-state index is -4.53. The number of alkyl halides is 5. The maximum Gasteiger partial charge on any atom is 0.389 e. The smallest absolute Gasteiger partial charge is 0.324 e. The molecular formula is C20H12Cl5F4NO2. The fourth-order valence-electron chi connectivity index (χ4n) is 3.27. The lowest BCUT2D eigenvalue weighted by molar-refractivity contribution is -0.133. The highest BCUT2D eigenvalue weighted by molar-refractivity contribution is 6.53. The van der Waals surface area contributed by atoms with Gasteiger partial charge in [-0.2, -0.15) is 13.2 Å². The van der Waals surface area contributed by atoms with Crippen LogP contribution in [-0.2, 0) is 4.79 Å². The minimum Gasteiger partial charge on any atom is -0.324 e. The van der Waals surface area contributed by atoms with Gasteiger partial charge in [0.1, 0.15) is 10.2 Å². The second-order valence-corrected chi connectivity index (χ2v) is 9.75. The van der Waals surface area contributed by atoms with Crippen molar-refractivity contribution in [2.75, 3.05) is 5.32 Å². The van der Waals surface area contributed by atoms with Crippen LogP contribution in [0.15, 0.2) is 30.3 Å². The Morgan fingerprint density at radius 1 is 1.03 bits per heavy atom. The van der Waals surface area contributed by atoms with Crippen LogP contribution in [0.5, 0.6) is 0 Å². The summed E-state index contributed by atoms with van der Waals surface area (Å²) in [4.78, 5) is 25.0. The Balaban J connectivity index is 1.81. The largest absolute Gasteiger partial charge is 0.389 e. The molecule has 3 nitrogen and oxygen atoms in total. The van der Waals surface area contributed by atoms with Crippen molar-refractivity contribution in [1.29, 1.82) is 0 Å². The van der Waals surface area contributed by atoms with Gasteiger partial charge in [0, 0.05) is 12.3 Å². The molecule has 2 aromatic rings. The summed E-state index contributed by atoms with van der Waals surface area (Å²) in [6.45, 7) is 0. The van der Waals surface area contributed by atoms with Crippen LogP contribution in [0, 0.1) is 11.7 Å². The van der Waals surface area contributed by atoms with Gasteiger partial charge in [-0.15, -0.1) is 23.2 Å². The molecule has 1 aliphatic rings. The van der Waals surface area contributed by atoms with E-state index in [2.05, 4.69) is 5.32 Å². The SMILES string of the molecule is O=C(CCC(F)(F)F)c1c(Cl)ccc(NC(=O)C2C(c3ccc(F)c(Cl)c3)C2(Cl)Cl)c1Cl. The van der Waals surface area contributed by atoms with E-state index in [4.69, 9.17) is 58.0 Å². The Bertz CT molecular complexity index is 1090. The third kappa shape index (κ3) is 5.28. The molecular weight excluding hydrogens is 539 g/mol.